The maximum absolute atomic E-state index is 9.12. The van der Waals surface area contributed by atoms with Crippen LogP contribution in [0.4, 0.5) is 0 Å². The van der Waals surface area contributed by atoms with Crippen molar-refractivity contribution in [3.05, 3.63) is 23.8 Å². The van der Waals surface area contributed by atoms with Crippen molar-refractivity contribution in [1.29, 1.82) is 0 Å². The van der Waals surface area contributed by atoms with Crippen molar-refractivity contribution < 1.29 is 81.7 Å². The minimum Gasteiger partial charge on any atom is -0.693 e. The molecule has 12 nitrogen and oxygen atoms in total. The Morgan fingerprint density at radius 3 is 0.710 bits per heavy atom. The van der Waals surface area contributed by atoms with Crippen molar-refractivity contribution in [2.45, 2.75) is 19.3 Å². The summed E-state index contributed by atoms with van der Waals surface area (Å²) < 4.78 is 0. The molecule has 0 fully saturated rings. The first-order valence-corrected chi connectivity index (χ1v) is 8.96. The second-order valence-corrected chi connectivity index (χ2v) is 4.65. The Kier molecular flexibility index (Phi) is 107. The first kappa shape index (κ1) is 57.8. The molecule has 6 N–H and O–H groups in total. The van der Waals surface area contributed by atoms with Crippen molar-refractivity contribution in [1.82, 2.24) is 0 Å². The van der Waals surface area contributed by atoms with Gasteiger partial charge in [-0.1, -0.05) is 19.3 Å². The fraction of sp³-hybridized carbons (Fsp3) is 0.692. The van der Waals surface area contributed by atoms with E-state index in [0.29, 0.717) is 13.1 Å². The number of carboxylic acids is 4. The summed E-state index contributed by atoms with van der Waals surface area (Å²) in [6, 6.07) is 0. The smallest absolute Gasteiger partial charge is 0.693 e. The fourth-order valence-electron chi connectivity index (χ4n) is 0.427. The molecule has 0 radical (unpaired) electrons. The number of aliphatic carboxylic acids is 4. The third-order valence-electron chi connectivity index (χ3n) is 1.29. The predicted octanol–water partition coefficient (Wildman–Crippen LogP) is -0.409. The van der Waals surface area contributed by atoms with Crippen LogP contribution in [0.25, 0.3) is 23.8 Å². The van der Waals surface area contributed by atoms with Crippen LogP contribution in [0, 0.1) is 0 Å². The molecule has 0 heterocycles. The number of carboxylic acid groups (broad SMARTS) is 4. The predicted molar refractivity (Wildman–Crippen MR) is 106 cm³/mol. The van der Waals surface area contributed by atoms with E-state index in [4.69, 9.17) is 51.1 Å². The van der Waals surface area contributed by atoms with E-state index in [1.807, 2.05) is 0 Å². The molecule has 0 saturated carbocycles. The van der Waals surface area contributed by atoms with Gasteiger partial charge in [0.2, 0.25) is 0 Å². The Labute approximate surface area is 230 Å². The van der Waals surface area contributed by atoms with Crippen molar-refractivity contribution in [3.8, 4) is 0 Å². The maximum atomic E-state index is 9.12. The van der Waals surface area contributed by atoms with Crippen LogP contribution < -0.4 is 20.4 Å². The second kappa shape index (κ2) is 57.3. The third kappa shape index (κ3) is 161. The van der Waals surface area contributed by atoms with Gasteiger partial charge in [0.15, 0.2) is 0 Å². The molecule has 0 spiro atoms. The quantitative estimate of drug-likeness (QED) is 0.228. The van der Waals surface area contributed by atoms with Crippen molar-refractivity contribution in [2.75, 3.05) is 36.6 Å². The minimum absolute atomic E-state index is 0. The summed E-state index contributed by atoms with van der Waals surface area (Å²) in [7, 11) is 0. The minimum atomic E-state index is -1.23. The van der Waals surface area contributed by atoms with E-state index < -0.39 is 47.4 Å². The average molecular weight is 896 g/mol. The van der Waals surface area contributed by atoms with Gasteiger partial charge in [0.05, 0.1) is 47.4 Å². The van der Waals surface area contributed by atoms with Gasteiger partial charge in [0.25, 0.3) is 0 Å². The SMILES string of the molecule is O=C([O-])CCl.O=C([O-])CCl.O=C([O-])CCl.O=C([O-])CCl.[NH-]CCCCC[NH-].[NH2-].[NH2-].[Pt+4].[Pt+4]. The van der Waals surface area contributed by atoms with Crippen LogP contribution in [0.2, 0.25) is 0 Å². The van der Waals surface area contributed by atoms with Crippen LogP contribution in [0.1, 0.15) is 19.3 Å². The Balaban J connectivity index is -0.0000000272. The molecule has 0 aliphatic rings. The van der Waals surface area contributed by atoms with Gasteiger partial charge in [-0.3, -0.25) is 0 Å². The van der Waals surface area contributed by atoms with E-state index in [1.165, 1.54) is 0 Å². The Hall–Kier alpha value is 0.257. The molecule has 0 aliphatic carbocycles. The van der Waals surface area contributed by atoms with Gasteiger partial charge in [-0.25, -0.2) is 0 Å². The van der Waals surface area contributed by atoms with Crippen molar-refractivity contribution >= 4 is 70.3 Å². The molecule has 0 atom stereocenters. The van der Waals surface area contributed by atoms with Gasteiger partial charge in [-0.05, 0) is 0 Å². The van der Waals surface area contributed by atoms with Crippen LogP contribution in [-0.2, 0) is 61.3 Å². The fourth-order valence-corrected chi connectivity index (χ4v) is 0.427. The molecule has 0 amide bonds. The van der Waals surface area contributed by atoms with Gasteiger partial charge in [0, 0.05) is 0 Å². The third-order valence-corrected chi connectivity index (χ3v) is 2.16. The number of alkyl halides is 4. The molecule has 0 bridgehead atoms. The van der Waals surface area contributed by atoms with Crippen molar-refractivity contribution in [3.63, 3.8) is 0 Å². The van der Waals surface area contributed by atoms with Crippen LogP contribution in [0.15, 0.2) is 0 Å². The van der Waals surface area contributed by atoms with Gasteiger partial charge in [-0.15, -0.1) is 46.4 Å². The van der Waals surface area contributed by atoms with Gasteiger partial charge in [0.1, 0.15) is 0 Å². The first-order valence-electron chi connectivity index (χ1n) is 6.82. The molecular formula is C13H24Cl4N4O8Pt2. The van der Waals surface area contributed by atoms with Crippen LogP contribution in [-0.4, -0.2) is 60.5 Å². The zero-order valence-corrected chi connectivity index (χ0v) is 23.5. The molecule has 0 aliphatic heterocycles. The number of unbranched alkanes of at least 4 members (excludes halogenated alkanes) is 2. The molecular weight excluding hydrogens is 872 g/mol. The van der Waals surface area contributed by atoms with Gasteiger partial charge in [-0.2, -0.15) is 13.1 Å². The number of hydrogen-bond acceptors (Lipinski definition) is 8. The summed E-state index contributed by atoms with van der Waals surface area (Å²) in [4.78, 5) is 36.5. The number of hydrogen-bond donors (Lipinski definition) is 0. The summed E-state index contributed by atoms with van der Waals surface area (Å²) in [5, 5.41) is 36.5. The topological polar surface area (TPSA) is 275 Å². The molecule has 0 unspecified atom stereocenters. The van der Waals surface area contributed by atoms with Crippen LogP contribution in [0.3, 0.4) is 0 Å². The Bertz CT molecular complexity index is 320. The van der Waals surface area contributed by atoms with E-state index >= 15 is 0 Å². The molecule has 0 aromatic rings. The second-order valence-electron chi connectivity index (χ2n) is 3.58. The molecule has 0 saturated heterocycles. The molecule has 192 valence electrons. The average Bonchev–Trinajstić information content (AvgIpc) is 2.63. The molecule has 18 heteroatoms. The summed E-state index contributed by atoms with van der Waals surface area (Å²) >= 11 is 18.7. The number of nitrogens with one attached hydrogen (secondary N) is 2. The Morgan fingerprint density at radius 1 is 0.516 bits per heavy atom. The van der Waals surface area contributed by atoms with Gasteiger partial charge >= 0.3 is 42.1 Å². The van der Waals surface area contributed by atoms with Gasteiger partial charge < -0.3 is 63.4 Å². The maximum Gasteiger partial charge on any atom is 4.00 e. The number of carbonyl (C=O) groups is 4. The number of nitrogens with two attached hydrogens (primary N) is 2. The van der Waals surface area contributed by atoms with Crippen LogP contribution in [0.5, 0.6) is 0 Å². The summed E-state index contributed by atoms with van der Waals surface area (Å²) in [5.41, 5.74) is 13.4. The monoisotopic (exact) mass is 894 g/mol. The van der Waals surface area contributed by atoms with E-state index in [-0.39, 0.29) is 54.4 Å². The molecule has 0 aromatic carbocycles. The summed E-state index contributed by atoms with van der Waals surface area (Å²) in [5.74, 6) is -6.59. The Morgan fingerprint density at radius 2 is 0.645 bits per heavy atom. The zero-order chi connectivity index (χ0) is 22.7. The standard InChI is InChI=1S/C5H12N2.4C2H3ClO2.2H2N.2Pt/c6-4-2-1-3-5-7;4*3-1-2(4)5;;;;/h6-7H,1-5H2;4*1H2,(H,4,5);2*1H2;;/q-2;;;;;2*-1;2*+4/p-4. The van der Waals surface area contributed by atoms with Crippen LogP contribution >= 0.6 is 46.4 Å². The summed E-state index contributed by atoms with van der Waals surface area (Å²) in [6.45, 7) is 1.06. The van der Waals surface area contributed by atoms with E-state index in [1.54, 1.807) is 0 Å². The van der Waals surface area contributed by atoms with E-state index in [9.17, 15) is 0 Å². The zero-order valence-electron chi connectivity index (χ0n) is 15.9. The first-order chi connectivity index (χ1) is 12.5. The van der Waals surface area contributed by atoms with E-state index in [0.717, 1.165) is 19.3 Å². The molecule has 0 aromatic heterocycles. The molecule has 31 heavy (non-hydrogen) atoms. The number of carbonyl (C=O) groups excluding carboxylic acids is 4. The molecule has 0 rings (SSSR count). The number of rotatable bonds is 8. The normalized spacial score (nSPS) is 6.90. The number of halogens is 4. The summed E-state index contributed by atoms with van der Waals surface area (Å²) in [6.07, 6.45) is 3.00. The van der Waals surface area contributed by atoms with Crippen molar-refractivity contribution in [2.24, 2.45) is 0 Å². The van der Waals surface area contributed by atoms with E-state index in [2.05, 4.69) is 46.4 Å². The largest absolute Gasteiger partial charge is 4.00 e.